The third kappa shape index (κ3) is 4.93. The summed E-state index contributed by atoms with van der Waals surface area (Å²) in [6.07, 6.45) is 1.28. The molecule has 1 unspecified atom stereocenters. The number of aliphatic hydroxyl groups is 2. The van der Waals surface area contributed by atoms with E-state index in [1.54, 1.807) is 0 Å². The van der Waals surface area contributed by atoms with Crippen molar-refractivity contribution in [3.05, 3.63) is 33.1 Å². The van der Waals surface area contributed by atoms with Crippen LogP contribution < -0.4 is 11.2 Å². The van der Waals surface area contributed by atoms with E-state index in [0.29, 0.717) is 19.3 Å². The fourth-order valence-corrected chi connectivity index (χ4v) is 4.64. The van der Waals surface area contributed by atoms with Crippen LogP contribution in [-0.4, -0.2) is 43.2 Å². The van der Waals surface area contributed by atoms with Gasteiger partial charge in [0.1, 0.15) is 11.7 Å². The van der Waals surface area contributed by atoms with Gasteiger partial charge in [0, 0.05) is 12.3 Å². The summed E-state index contributed by atoms with van der Waals surface area (Å²) in [4.78, 5) is 25.4. The Hall–Kier alpha value is -1.34. The van der Waals surface area contributed by atoms with Crippen LogP contribution in [0.4, 0.5) is 0 Å². The van der Waals surface area contributed by atoms with Gasteiger partial charge in [-0.3, -0.25) is 14.3 Å². The lowest BCUT2D eigenvalue weighted by molar-refractivity contribution is -0.0156. The third-order valence-electron chi connectivity index (χ3n) is 5.68. The number of rotatable bonds is 8. The Balaban J connectivity index is 2.17. The second kappa shape index (κ2) is 8.78. The Labute approximate surface area is 159 Å². The quantitative estimate of drug-likeness (QED) is 0.572. The van der Waals surface area contributed by atoms with Crippen molar-refractivity contribution in [2.75, 3.05) is 0 Å². The summed E-state index contributed by atoms with van der Waals surface area (Å²) in [6, 6.07) is 0.572. The molecule has 3 N–H and O–H groups in total. The van der Waals surface area contributed by atoms with Crippen LogP contribution in [0.25, 0.3) is 0 Å². The molecule has 1 fully saturated rings. The Morgan fingerprint density at radius 1 is 1.37 bits per heavy atom. The molecule has 1 aliphatic carbocycles. The molecule has 1 aromatic rings. The lowest BCUT2D eigenvalue weighted by atomic mass is 9.87. The van der Waals surface area contributed by atoms with Crippen LogP contribution in [0.1, 0.15) is 59.4 Å². The average Bonchev–Trinajstić information content (AvgIpc) is 2.89. The van der Waals surface area contributed by atoms with Crippen molar-refractivity contribution in [2.24, 2.45) is 5.92 Å². The minimum Gasteiger partial charge on any atom is -0.390 e. The van der Waals surface area contributed by atoms with Gasteiger partial charge in [0.05, 0.1) is 12.1 Å². The van der Waals surface area contributed by atoms with Crippen LogP contribution in [0.5, 0.6) is 0 Å². The van der Waals surface area contributed by atoms with E-state index in [2.05, 4.69) is 4.98 Å². The monoisotopic (exact) mass is 401 g/mol. The van der Waals surface area contributed by atoms with E-state index < -0.39 is 43.1 Å². The number of H-pyrrole nitrogens is 1. The zero-order valence-electron chi connectivity index (χ0n) is 16.3. The second-order valence-corrected chi connectivity index (χ2v) is 9.34. The molecular weight excluding hydrogens is 371 g/mol. The third-order valence-corrected chi connectivity index (χ3v) is 7.39. The van der Waals surface area contributed by atoms with Gasteiger partial charge in [-0.25, -0.2) is 4.79 Å². The predicted molar refractivity (Wildman–Crippen MR) is 102 cm³/mol. The van der Waals surface area contributed by atoms with E-state index in [0.717, 1.165) is 6.42 Å². The molecular formula is C18H30N2O6P+. The first-order valence-electron chi connectivity index (χ1n) is 9.45. The van der Waals surface area contributed by atoms with Crippen molar-refractivity contribution in [1.82, 2.24) is 9.55 Å². The summed E-state index contributed by atoms with van der Waals surface area (Å²) in [5.74, 6) is -0.325. The number of aromatic nitrogens is 2. The summed E-state index contributed by atoms with van der Waals surface area (Å²) in [7, 11) is -1.83. The second-order valence-electron chi connectivity index (χ2n) is 7.70. The first kappa shape index (κ1) is 22.0. The standard InChI is InChI=1S/C18H29N2O6P/c1-5-11(3)27(25)26-18(4,6-2)10-12-9-13(16(23)15(12)22)20-8-7-14(21)19-17(20)24/h7-8,11-13,15-16,22-23H,5-6,9-10H2,1-4H3/p+1/t11-,12-,13+,15-,16+,18+/m1/s1. The van der Waals surface area contributed by atoms with Crippen LogP contribution in [-0.2, 0) is 9.09 Å². The highest BCUT2D eigenvalue weighted by Crippen LogP contribution is 2.45. The molecule has 1 heterocycles. The lowest BCUT2D eigenvalue weighted by Gasteiger charge is -2.27. The zero-order valence-corrected chi connectivity index (χ0v) is 17.2. The molecule has 0 amide bonds. The highest BCUT2D eigenvalue weighted by molar-refractivity contribution is 7.40. The number of hydrogen-bond donors (Lipinski definition) is 3. The molecule has 1 saturated carbocycles. The zero-order chi connectivity index (χ0) is 20.4. The molecule has 152 valence electrons. The van der Waals surface area contributed by atoms with E-state index >= 15 is 0 Å². The highest BCUT2D eigenvalue weighted by atomic mass is 31.1. The maximum absolute atomic E-state index is 12.4. The molecule has 0 spiro atoms. The Morgan fingerprint density at radius 3 is 2.59 bits per heavy atom. The minimum absolute atomic E-state index is 0.0579. The summed E-state index contributed by atoms with van der Waals surface area (Å²) < 4.78 is 19.5. The smallest absolute Gasteiger partial charge is 0.390 e. The molecule has 0 saturated heterocycles. The van der Waals surface area contributed by atoms with Crippen molar-refractivity contribution in [2.45, 2.75) is 82.9 Å². The molecule has 9 heteroatoms. The maximum Gasteiger partial charge on any atom is 0.511 e. The van der Waals surface area contributed by atoms with E-state index in [1.807, 2.05) is 27.7 Å². The van der Waals surface area contributed by atoms with Crippen LogP contribution in [0.3, 0.4) is 0 Å². The molecule has 1 aliphatic rings. The predicted octanol–water partition coefficient (Wildman–Crippen LogP) is 1.94. The van der Waals surface area contributed by atoms with Crippen LogP contribution >= 0.6 is 8.03 Å². The minimum atomic E-state index is -1.83. The van der Waals surface area contributed by atoms with Gasteiger partial charge in [0.2, 0.25) is 0 Å². The van der Waals surface area contributed by atoms with Gasteiger partial charge in [-0.1, -0.05) is 13.8 Å². The van der Waals surface area contributed by atoms with Crippen LogP contribution in [0, 0.1) is 5.92 Å². The molecule has 27 heavy (non-hydrogen) atoms. The summed E-state index contributed by atoms with van der Waals surface area (Å²) in [5.41, 5.74) is -1.89. The number of aliphatic hydroxyl groups excluding tert-OH is 2. The first-order valence-corrected chi connectivity index (χ1v) is 10.7. The molecule has 8 nitrogen and oxygen atoms in total. The molecule has 0 aliphatic heterocycles. The van der Waals surface area contributed by atoms with E-state index in [-0.39, 0.29) is 11.6 Å². The van der Waals surface area contributed by atoms with E-state index in [1.165, 1.54) is 16.8 Å². The number of aromatic amines is 1. The van der Waals surface area contributed by atoms with Gasteiger partial charge < -0.3 is 10.2 Å². The fraction of sp³-hybridized carbons (Fsp3) is 0.778. The Kier molecular flexibility index (Phi) is 7.14. The van der Waals surface area contributed by atoms with Crippen molar-refractivity contribution in [3.63, 3.8) is 0 Å². The molecule has 7 atom stereocenters. The fourth-order valence-electron chi connectivity index (χ4n) is 3.52. The van der Waals surface area contributed by atoms with Gasteiger partial charge in [-0.15, -0.1) is 4.52 Å². The van der Waals surface area contributed by atoms with Gasteiger partial charge in [-0.2, -0.15) is 0 Å². The highest BCUT2D eigenvalue weighted by Gasteiger charge is 2.47. The summed E-state index contributed by atoms with van der Waals surface area (Å²) in [6.45, 7) is 7.62. The van der Waals surface area contributed by atoms with Crippen molar-refractivity contribution >= 4 is 8.03 Å². The van der Waals surface area contributed by atoms with Crippen LogP contribution in [0.2, 0.25) is 0 Å². The van der Waals surface area contributed by atoms with Gasteiger partial charge >= 0.3 is 13.7 Å². The van der Waals surface area contributed by atoms with E-state index in [9.17, 15) is 24.4 Å². The van der Waals surface area contributed by atoms with Gasteiger partial charge in [0.15, 0.2) is 5.66 Å². The molecule has 1 aromatic heterocycles. The van der Waals surface area contributed by atoms with Crippen molar-refractivity contribution < 1.29 is 19.3 Å². The van der Waals surface area contributed by atoms with E-state index in [4.69, 9.17) is 4.52 Å². The normalized spacial score (nSPS) is 29.3. The molecule has 2 rings (SSSR count). The average molecular weight is 401 g/mol. The number of nitrogens with one attached hydrogen (secondary N) is 1. The van der Waals surface area contributed by atoms with Gasteiger partial charge in [-0.05, 0) is 50.0 Å². The first-order chi connectivity index (χ1) is 12.6. The molecule has 0 aromatic carbocycles. The number of nitrogens with zero attached hydrogens (tertiary/aromatic N) is 1. The summed E-state index contributed by atoms with van der Waals surface area (Å²) >= 11 is 0. The topological polar surface area (TPSA) is 122 Å². The largest absolute Gasteiger partial charge is 0.511 e. The van der Waals surface area contributed by atoms with Gasteiger partial charge in [0.25, 0.3) is 5.56 Å². The lowest BCUT2D eigenvalue weighted by Crippen LogP contribution is -2.37. The SMILES string of the molecule is CC[C@@H](C)[P+](=O)O[C@@](C)(CC)C[C@H]1C[C@H](n2ccc(=O)[nH]c2=O)[C@H](O)[C@@H]1O. The summed E-state index contributed by atoms with van der Waals surface area (Å²) in [5, 5.41) is 21.0. The van der Waals surface area contributed by atoms with Crippen molar-refractivity contribution in [1.29, 1.82) is 0 Å². The maximum atomic E-state index is 12.4. The van der Waals surface area contributed by atoms with Crippen molar-refractivity contribution in [3.8, 4) is 0 Å². The Bertz CT molecular complexity index is 778. The number of hydrogen-bond acceptors (Lipinski definition) is 6. The molecule has 0 bridgehead atoms. The Morgan fingerprint density at radius 2 is 2.04 bits per heavy atom. The molecule has 0 radical (unpaired) electrons. The van der Waals surface area contributed by atoms with Crippen LogP contribution in [0.15, 0.2) is 21.9 Å².